The molecule has 1 rings (SSSR count). The summed E-state index contributed by atoms with van der Waals surface area (Å²) < 4.78 is 10.6. The highest BCUT2D eigenvalue weighted by atomic mass is 35.5. The van der Waals surface area contributed by atoms with Crippen molar-refractivity contribution in [3.63, 3.8) is 0 Å². The molecule has 0 aromatic heterocycles. The zero-order chi connectivity index (χ0) is 14.8. The topological polar surface area (TPSA) is 59.6 Å². The van der Waals surface area contributed by atoms with Crippen LogP contribution in [-0.4, -0.2) is 45.4 Å². The van der Waals surface area contributed by atoms with Crippen LogP contribution in [-0.2, 0) is 9.53 Å². The van der Waals surface area contributed by atoms with E-state index in [-0.39, 0.29) is 24.4 Å². The molecule has 0 aliphatic heterocycles. The van der Waals surface area contributed by atoms with Gasteiger partial charge in [0, 0.05) is 13.7 Å². The highest BCUT2D eigenvalue weighted by molar-refractivity contribution is 5.85. The largest absolute Gasteiger partial charge is 0.489 e. The van der Waals surface area contributed by atoms with Crippen molar-refractivity contribution in [3.8, 4) is 5.75 Å². The summed E-state index contributed by atoms with van der Waals surface area (Å²) in [5, 5.41) is 5.81. The predicted molar refractivity (Wildman–Crippen MR) is 86.3 cm³/mol. The summed E-state index contributed by atoms with van der Waals surface area (Å²) >= 11 is 0. The molecule has 0 saturated carbocycles. The summed E-state index contributed by atoms with van der Waals surface area (Å²) in [6.45, 7) is 6.00. The molecule has 0 aliphatic rings. The van der Waals surface area contributed by atoms with Crippen LogP contribution < -0.4 is 15.4 Å². The van der Waals surface area contributed by atoms with Crippen LogP contribution in [0.1, 0.15) is 12.5 Å². The first kappa shape index (κ1) is 19.7. The van der Waals surface area contributed by atoms with Gasteiger partial charge in [-0.3, -0.25) is 4.79 Å². The first-order valence-electron chi connectivity index (χ1n) is 6.81. The number of nitrogens with one attached hydrogen (secondary N) is 2. The van der Waals surface area contributed by atoms with E-state index in [1.807, 2.05) is 38.1 Å². The van der Waals surface area contributed by atoms with E-state index in [2.05, 4.69) is 10.6 Å². The van der Waals surface area contributed by atoms with Gasteiger partial charge in [0.15, 0.2) is 0 Å². The Morgan fingerprint density at radius 2 is 1.95 bits per heavy atom. The first-order valence-corrected chi connectivity index (χ1v) is 6.81. The molecular weight excluding hydrogens is 292 g/mol. The lowest BCUT2D eigenvalue weighted by Crippen LogP contribution is -2.39. The normalized spacial score (nSPS) is 11.4. The van der Waals surface area contributed by atoms with Crippen molar-refractivity contribution in [1.29, 1.82) is 0 Å². The molecule has 21 heavy (non-hydrogen) atoms. The quantitative estimate of drug-likeness (QED) is 0.678. The molecule has 0 fully saturated rings. The average Bonchev–Trinajstić information content (AvgIpc) is 2.44. The van der Waals surface area contributed by atoms with Gasteiger partial charge in [-0.1, -0.05) is 17.7 Å². The molecule has 0 saturated heterocycles. The lowest BCUT2D eigenvalue weighted by atomic mass is 10.2. The van der Waals surface area contributed by atoms with Gasteiger partial charge in [0.2, 0.25) is 5.91 Å². The molecule has 0 radical (unpaired) electrons. The van der Waals surface area contributed by atoms with Crippen LogP contribution in [0.5, 0.6) is 5.75 Å². The van der Waals surface area contributed by atoms with E-state index in [0.29, 0.717) is 26.2 Å². The number of hydrogen-bond acceptors (Lipinski definition) is 4. The molecular formula is C15H25ClN2O3. The van der Waals surface area contributed by atoms with Crippen LogP contribution in [0, 0.1) is 6.92 Å². The van der Waals surface area contributed by atoms with Crippen molar-refractivity contribution in [2.24, 2.45) is 0 Å². The number of aryl methyl sites for hydroxylation is 1. The van der Waals surface area contributed by atoms with Crippen molar-refractivity contribution < 1.29 is 14.3 Å². The van der Waals surface area contributed by atoms with Gasteiger partial charge in [-0.2, -0.15) is 0 Å². The minimum atomic E-state index is -0.0689. The van der Waals surface area contributed by atoms with Gasteiger partial charge < -0.3 is 20.1 Å². The lowest BCUT2D eigenvalue weighted by Gasteiger charge is -2.15. The number of halogens is 1. The van der Waals surface area contributed by atoms with Gasteiger partial charge >= 0.3 is 0 Å². The monoisotopic (exact) mass is 316 g/mol. The van der Waals surface area contributed by atoms with Crippen LogP contribution >= 0.6 is 12.4 Å². The molecule has 120 valence electrons. The number of carbonyl (C=O) groups is 1. The van der Waals surface area contributed by atoms with Gasteiger partial charge in [-0.25, -0.2) is 0 Å². The molecule has 0 aliphatic carbocycles. The maximum Gasteiger partial charge on any atom is 0.234 e. The molecule has 0 bridgehead atoms. The average molecular weight is 317 g/mol. The molecule has 1 aromatic carbocycles. The molecule has 1 atom stereocenters. The van der Waals surface area contributed by atoms with Crippen LogP contribution in [0.3, 0.4) is 0 Å². The Bertz CT molecular complexity index is 398. The van der Waals surface area contributed by atoms with Gasteiger partial charge in [-0.05, 0) is 26.0 Å². The third-order valence-electron chi connectivity index (χ3n) is 2.71. The smallest absolute Gasteiger partial charge is 0.234 e. The second-order valence-corrected chi connectivity index (χ2v) is 4.72. The molecule has 0 heterocycles. The van der Waals surface area contributed by atoms with E-state index >= 15 is 0 Å². The molecule has 1 aromatic rings. The summed E-state index contributed by atoms with van der Waals surface area (Å²) in [4.78, 5) is 11.5. The summed E-state index contributed by atoms with van der Waals surface area (Å²) in [5.41, 5.74) is 1.19. The maximum absolute atomic E-state index is 11.5. The van der Waals surface area contributed by atoms with E-state index in [1.165, 1.54) is 5.56 Å². The Morgan fingerprint density at radius 3 is 2.57 bits per heavy atom. The number of ether oxygens (including phenoxy) is 2. The van der Waals surface area contributed by atoms with Gasteiger partial charge in [-0.15, -0.1) is 12.4 Å². The minimum Gasteiger partial charge on any atom is -0.489 e. The number of benzene rings is 1. The Labute approximate surface area is 132 Å². The van der Waals surface area contributed by atoms with Crippen molar-refractivity contribution in [1.82, 2.24) is 10.6 Å². The van der Waals surface area contributed by atoms with E-state index < -0.39 is 0 Å². The van der Waals surface area contributed by atoms with E-state index in [4.69, 9.17) is 9.47 Å². The summed E-state index contributed by atoms with van der Waals surface area (Å²) in [6, 6.07) is 7.86. The molecule has 1 unspecified atom stereocenters. The molecule has 5 nitrogen and oxygen atoms in total. The number of rotatable bonds is 9. The Morgan fingerprint density at radius 1 is 1.29 bits per heavy atom. The molecule has 6 heteroatoms. The number of methoxy groups -OCH3 is 1. The van der Waals surface area contributed by atoms with Crippen molar-refractivity contribution >= 4 is 18.3 Å². The highest BCUT2D eigenvalue weighted by Gasteiger charge is 2.06. The summed E-state index contributed by atoms with van der Waals surface area (Å²) in [6.07, 6.45) is -0.0689. The minimum absolute atomic E-state index is 0. The van der Waals surface area contributed by atoms with Crippen molar-refractivity contribution in [3.05, 3.63) is 29.8 Å². The van der Waals surface area contributed by atoms with E-state index in [9.17, 15) is 4.79 Å². The Kier molecular flexibility index (Phi) is 10.7. The van der Waals surface area contributed by atoms with Gasteiger partial charge in [0.25, 0.3) is 0 Å². The molecule has 1 amide bonds. The lowest BCUT2D eigenvalue weighted by molar-refractivity contribution is -0.120. The van der Waals surface area contributed by atoms with E-state index in [1.54, 1.807) is 7.11 Å². The maximum atomic E-state index is 11.5. The fraction of sp³-hybridized carbons (Fsp3) is 0.533. The van der Waals surface area contributed by atoms with Crippen LogP contribution in [0.25, 0.3) is 0 Å². The number of hydrogen-bond donors (Lipinski definition) is 2. The number of carbonyl (C=O) groups excluding carboxylic acids is 1. The summed E-state index contributed by atoms with van der Waals surface area (Å²) in [5.74, 6) is 0.774. The predicted octanol–water partition coefficient (Wildman–Crippen LogP) is 1.54. The fourth-order valence-electron chi connectivity index (χ4n) is 1.59. The Hall–Kier alpha value is -1.30. The van der Waals surface area contributed by atoms with Gasteiger partial charge in [0.1, 0.15) is 11.9 Å². The van der Waals surface area contributed by atoms with E-state index in [0.717, 1.165) is 5.75 Å². The third kappa shape index (κ3) is 9.28. The summed E-state index contributed by atoms with van der Waals surface area (Å²) in [7, 11) is 1.63. The SMILES string of the molecule is COCCNCC(=O)NCC(C)Oc1ccc(C)cc1.Cl. The number of amides is 1. The van der Waals surface area contributed by atoms with Crippen molar-refractivity contribution in [2.45, 2.75) is 20.0 Å². The highest BCUT2D eigenvalue weighted by Crippen LogP contribution is 2.12. The Balaban J connectivity index is 0.00000400. The zero-order valence-electron chi connectivity index (χ0n) is 12.8. The zero-order valence-corrected chi connectivity index (χ0v) is 13.7. The van der Waals surface area contributed by atoms with Crippen LogP contribution in [0.15, 0.2) is 24.3 Å². The molecule has 2 N–H and O–H groups in total. The fourth-order valence-corrected chi connectivity index (χ4v) is 1.59. The van der Waals surface area contributed by atoms with Crippen molar-refractivity contribution in [2.75, 3.05) is 33.4 Å². The van der Waals surface area contributed by atoms with Crippen LogP contribution in [0.2, 0.25) is 0 Å². The van der Waals surface area contributed by atoms with Crippen LogP contribution in [0.4, 0.5) is 0 Å². The third-order valence-corrected chi connectivity index (χ3v) is 2.71. The second kappa shape index (κ2) is 11.4. The standard InChI is InChI=1S/C15H24N2O3.ClH/c1-12-4-6-14(7-5-12)20-13(2)10-17-15(18)11-16-8-9-19-3;/h4-7,13,16H,8-11H2,1-3H3,(H,17,18);1H. The second-order valence-electron chi connectivity index (χ2n) is 4.72. The molecule has 0 spiro atoms. The van der Waals surface area contributed by atoms with Gasteiger partial charge in [0.05, 0.1) is 19.7 Å². The first-order chi connectivity index (χ1) is 9.61.